The Morgan fingerprint density at radius 1 is 1.59 bits per heavy atom. The lowest BCUT2D eigenvalue weighted by molar-refractivity contribution is -0.00794. The lowest BCUT2D eigenvalue weighted by atomic mass is 9.82. The van der Waals surface area contributed by atoms with Crippen LogP contribution in [0.1, 0.15) is 39.0 Å². The molecule has 2 aromatic heterocycles. The summed E-state index contributed by atoms with van der Waals surface area (Å²) in [5, 5.41) is 13.8. The first-order valence-corrected chi connectivity index (χ1v) is 9.81. The topological polar surface area (TPSA) is 158 Å². The molecule has 0 saturated carbocycles. The van der Waals surface area contributed by atoms with E-state index in [1.54, 1.807) is 20.8 Å². The third-order valence-corrected chi connectivity index (χ3v) is 5.37. The minimum Gasteiger partial charge on any atom is -0.381 e. The van der Waals surface area contributed by atoms with E-state index >= 15 is 0 Å². The van der Waals surface area contributed by atoms with Crippen LogP contribution in [0.4, 0.5) is 5.82 Å². The molecule has 3 heterocycles. The summed E-state index contributed by atoms with van der Waals surface area (Å²) in [7, 11) is -4.19. The third-order valence-electron chi connectivity index (χ3n) is 4.21. The van der Waals surface area contributed by atoms with Crippen molar-refractivity contribution in [2.45, 2.75) is 45.5 Å². The number of nitriles is 1. The zero-order chi connectivity index (χ0) is 19.8. The van der Waals surface area contributed by atoms with Crippen molar-refractivity contribution in [3.8, 4) is 6.07 Å². The van der Waals surface area contributed by atoms with Crippen molar-refractivity contribution in [3.63, 3.8) is 0 Å². The summed E-state index contributed by atoms with van der Waals surface area (Å²) in [6.45, 7) is 4.80. The number of nitrogens with zero attached hydrogens (tertiary/aromatic N) is 5. The summed E-state index contributed by atoms with van der Waals surface area (Å²) in [5.74, 6) is 0.208. The van der Waals surface area contributed by atoms with E-state index in [4.69, 9.17) is 19.5 Å². The zero-order valence-corrected chi connectivity index (χ0v) is 16.0. The molecule has 1 aliphatic heterocycles. The van der Waals surface area contributed by atoms with Gasteiger partial charge in [0, 0.05) is 0 Å². The van der Waals surface area contributed by atoms with Crippen molar-refractivity contribution >= 4 is 19.3 Å². The molecule has 0 amide bonds. The lowest BCUT2D eigenvalue weighted by Gasteiger charge is -2.21. The number of imidazole rings is 1. The standard InChI is InChI=1S/C15H21N6O5P/c1-9(2)26-27(22,23)24-6-10-4-15(3,7-16)12(25-10)11-5-18-14-13(17)19-8-20-21(11)14/h5,8-10,12H,4,6H2,1-3H3,(H,22,23)(H2,17,19,20). The van der Waals surface area contributed by atoms with Crippen molar-refractivity contribution in [3.05, 3.63) is 18.2 Å². The number of fused-ring (bicyclic) bond motifs is 1. The normalized spacial score (nSPS) is 27.7. The zero-order valence-electron chi connectivity index (χ0n) is 15.1. The highest BCUT2D eigenvalue weighted by Crippen LogP contribution is 2.50. The number of phosphoric acid groups is 1. The minimum atomic E-state index is -4.19. The SMILES string of the molecule is CC(C)OP(=O)(O)OCC1CC(C)(C#N)C(c2cnc3c(N)ncnn23)O1. The monoisotopic (exact) mass is 396 g/mol. The molecule has 3 rings (SSSR count). The van der Waals surface area contributed by atoms with Gasteiger partial charge in [-0.05, 0) is 27.2 Å². The molecule has 0 bridgehead atoms. The molecule has 4 unspecified atom stereocenters. The number of rotatable bonds is 6. The van der Waals surface area contributed by atoms with Gasteiger partial charge in [-0.3, -0.25) is 9.05 Å². The molecule has 0 aromatic carbocycles. The molecule has 12 heteroatoms. The fourth-order valence-corrected chi connectivity index (χ4v) is 4.02. The molecule has 0 aliphatic carbocycles. The molecule has 4 atom stereocenters. The molecular formula is C15H21N6O5P. The third kappa shape index (κ3) is 3.95. The van der Waals surface area contributed by atoms with Crippen LogP contribution in [0.15, 0.2) is 12.5 Å². The average molecular weight is 396 g/mol. The van der Waals surface area contributed by atoms with Crippen LogP contribution in [0, 0.1) is 16.7 Å². The summed E-state index contributed by atoms with van der Waals surface area (Å²) >= 11 is 0. The van der Waals surface area contributed by atoms with Crippen LogP contribution in [0.3, 0.4) is 0 Å². The number of hydrogen-bond acceptors (Lipinski definition) is 9. The highest BCUT2D eigenvalue weighted by molar-refractivity contribution is 7.47. The number of hydrogen-bond donors (Lipinski definition) is 2. The Labute approximate surface area is 155 Å². The van der Waals surface area contributed by atoms with Gasteiger partial charge in [0.05, 0.1) is 42.2 Å². The second kappa shape index (κ2) is 7.14. The highest BCUT2D eigenvalue weighted by Gasteiger charge is 2.48. The van der Waals surface area contributed by atoms with Crippen molar-refractivity contribution in [2.24, 2.45) is 5.41 Å². The molecule has 27 heavy (non-hydrogen) atoms. The molecule has 1 fully saturated rings. The maximum atomic E-state index is 11.9. The minimum absolute atomic E-state index is 0.192. The van der Waals surface area contributed by atoms with Crippen LogP contribution >= 0.6 is 7.82 Å². The first kappa shape index (κ1) is 19.7. The maximum Gasteiger partial charge on any atom is 0.472 e. The summed E-state index contributed by atoms with van der Waals surface area (Å²) in [4.78, 5) is 17.8. The highest BCUT2D eigenvalue weighted by atomic mass is 31.2. The molecule has 2 aromatic rings. The van der Waals surface area contributed by atoms with E-state index in [1.165, 1.54) is 17.0 Å². The lowest BCUT2D eigenvalue weighted by Crippen LogP contribution is -2.20. The fourth-order valence-electron chi connectivity index (χ4n) is 3.07. The van der Waals surface area contributed by atoms with Crippen LogP contribution in [0.2, 0.25) is 0 Å². The first-order valence-electron chi connectivity index (χ1n) is 8.32. The molecule has 0 spiro atoms. The number of nitrogens with two attached hydrogens (primary N) is 1. The van der Waals surface area contributed by atoms with Gasteiger partial charge in [0.2, 0.25) is 0 Å². The molecule has 3 N–H and O–H groups in total. The molecule has 11 nitrogen and oxygen atoms in total. The Morgan fingerprint density at radius 3 is 3.00 bits per heavy atom. The van der Waals surface area contributed by atoms with Gasteiger partial charge in [-0.2, -0.15) is 10.4 Å². The molecule has 1 saturated heterocycles. The molecular weight excluding hydrogens is 375 g/mol. The molecule has 146 valence electrons. The Kier molecular flexibility index (Phi) is 5.20. The molecule has 0 radical (unpaired) electrons. The predicted molar refractivity (Wildman–Crippen MR) is 93.1 cm³/mol. The van der Waals surface area contributed by atoms with E-state index < -0.39 is 31.5 Å². The van der Waals surface area contributed by atoms with E-state index in [0.29, 0.717) is 17.8 Å². The van der Waals surface area contributed by atoms with E-state index in [1.807, 2.05) is 0 Å². The number of phosphoric ester groups is 1. The summed E-state index contributed by atoms with van der Waals surface area (Å²) in [6, 6.07) is 2.26. The van der Waals surface area contributed by atoms with Gasteiger partial charge in [-0.25, -0.2) is 19.0 Å². The number of anilines is 1. The Morgan fingerprint density at radius 2 is 2.33 bits per heavy atom. The van der Waals surface area contributed by atoms with Gasteiger partial charge in [0.1, 0.15) is 12.4 Å². The quantitative estimate of drug-likeness (QED) is 0.687. The summed E-state index contributed by atoms with van der Waals surface area (Å²) in [5.41, 5.74) is 5.78. The van der Waals surface area contributed by atoms with E-state index in [-0.39, 0.29) is 12.4 Å². The average Bonchev–Trinajstić information content (AvgIpc) is 3.14. The van der Waals surface area contributed by atoms with Crippen molar-refractivity contribution in [1.82, 2.24) is 19.6 Å². The van der Waals surface area contributed by atoms with Crippen molar-refractivity contribution in [1.29, 1.82) is 5.26 Å². The second-order valence-electron chi connectivity index (χ2n) is 6.85. The fraction of sp³-hybridized carbons (Fsp3) is 0.600. The number of ether oxygens (including phenoxy) is 1. The van der Waals surface area contributed by atoms with Gasteiger partial charge in [0.15, 0.2) is 11.5 Å². The Hall–Kier alpha value is -2.09. The van der Waals surface area contributed by atoms with Crippen LogP contribution in [0.25, 0.3) is 5.65 Å². The van der Waals surface area contributed by atoms with Crippen LogP contribution < -0.4 is 5.73 Å². The summed E-state index contributed by atoms with van der Waals surface area (Å²) < 4.78 is 29.2. The van der Waals surface area contributed by atoms with E-state index in [9.17, 15) is 14.7 Å². The van der Waals surface area contributed by atoms with E-state index in [2.05, 4.69) is 21.1 Å². The van der Waals surface area contributed by atoms with Gasteiger partial charge in [-0.15, -0.1) is 0 Å². The van der Waals surface area contributed by atoms with Gasteiger partial charge in [-0.1, -0.05) is 0 Å². The number of aromatic nitrogens is 4. The van der Waals surface area contributed by atoms with Gasteiger partial charge in [0.25, 0.3) is 0 Å². The van der Waals surface area contributed by atoms with Crippen molar-refractivity contribution in [2.75, 3.05) is 12.3 Å². The van der Waals surface area contributed by atoms with Crippen LogP contribution in [-0.4, -0.2) is 43.3 Å². The maximum absolute atomic E-state index is 11.9. The van der Waals surface area contributed by atoms with Gasteiger partial charge >= 0.3 is 7.82 Å². The second-order valence-corrected chi connectivity index (χ2v) is 8.26. The smallest absolute Gasteiger partial charge is 0.381 e. The van der Waals surface area contributed by atoms with Crippen LogP contribution in [0.5, 0.6) is 0 Å². The molecule has 1 aliphatic rings. The van der Waals surface area contributed by atoms with E-state index in [0.717, 1.165) is 0 Å². The summed E-state index contributed by atoms with van der Waals surface area (Å²) in [6.07, 6.45) is 1.39. The Bertz CT molecular complexity index is 927. The largest absolute Gasteiger partial charge is 0.472 e. The van der Waals surface area contributed by atoms with Gasteiger partial charge < -0.3 is 15.4 Å². The van der Waals surface area contributed by atoms with Crippen LogP contribution in [-0.2, 0) is 18.3 Å². The van der Waals surface area contributed by atoms with Crippen molar-refractivity contribution < 1.29 is 23.2 Å². The number of nitrogen functional groups attached to an aromatic ring is 1. The Balaban J connectivity index is 1.81. The first-order chi connectivity index (χ1) is 12.6. The predicted octanol–water partition coefficient (Wildman–Crippen LogP) is 1.61.